The van der Waals surface area contributed by atoms with Crippen molar-refractivity contribution in [3.8, 4) is 0 Å². The maximum atomic E-state index is 13.3. The van der Waals surface area contributed by atoms with Gasteiger partial charge in [-0.3, -0.25) is 0 Å². The number of halogens is 1. The van der Waals surface area contributed by atoms with E-state index in [0.29, 0.717) is 25.2 Å². The number of primary amides is 1. The first-order valence-corrected chi connectivity index (χ1v) is 5.26. The largest absolute Gasteiger partial charge is 0.478 e. The molecule has 0 bridgehead atoms. The molecule has 1 rings (SSSR count). The van der Waals surface area contributed by atoms with E-state index < -0.39 is 17.8 Å². The van der Waals surface area contributed by atoms with Crippen LogP contribution in [-0.2, 0) is 6.54 Å². The predicted octanol–water partition coefficient (Wildman–Crippen LogP) is 0.282. The van der Waals surface area contributed by atoms with Crippen LogP contribution in [-0.4, -0.2) is 30.2 Å². The lowest BCUT2D eigenvalue weighted by molar-refractivity contribution is 0.0692. The zero-order valence-electron chi connectivity index (χ0n) is 9.57. The Labute approximate surface area is 103 Å². The summed E-state index contributed by atoms with van der Waals surface area (Å²) in [4.78, 5) is 20.9. The summed E-state index contributed by atoms with van der Waals surface area (Å²) < 4.78 is 13.3. The van der Waals surface area contributed by atoms with Gasteiger partial charge < -0.3 is 21.5 Å². The fourth-order valence-corrected chi connectivity index (χ4v) is 1.35. The molecule has 1 aromatic carbocycles. The van der Waals surface area contributed by atoms with E-state index in [1.165, 1.54) is 12.1 Å². The van der Waals surface area contributed by atoms with Gasteiger partial charge in [0.2, 0.25) is 0 Å². The molecule has 5 N–H and O–H groups in total. The number of hydrogen-bond acceptors (Lipinski definition) is 3. The van der Waals surface area contributed by atoms with E-state index >= 15 is 0 Å². The minimum absolute atomic E-state index is 0.353. The first kappa shape index (κ1) is 13.9. The molecule has 0 radical (unpaired) electrons. The molecule has 0 fully saturated rings. The Morgan fingerprint density at radius 2 is 2.06 bits per heavy atom. The minimum atomic E-state index is -1.29. The Hall–Kier alpha value is -2.15. The third-order valence-corrected chi connectivity index (χ3v) is 2.19. The molecule has 0 spiro atoms. The molecule has 0 aliphatic carbocycles. The van der Waals surface area contributed by atoms with Crippen molar-refractivity contribution in [2.24, 2.45) is 5.73 Å². The Bertz CT molecular complexity index is 451. The van der Waals surface area contributed by atoms with Crippen LogP contribution in [0.15, 0.2) is 18.2 Å². The summed E-state index contributed by atoms with van der Waals surface area (Å²) in [5, 5.41) is 14.0. The second kappa shape index (κ2) is 6.55. The Balaban J connectivity index is 2.42. The predicted molar refractivity (Wildman–Crippen MR) is 62.7 cm³/mol. The topological polar surface area (TPSA) is 104 Å². The van der Waals surface area contributed by atoms with E-state index in [1.54, 1.807) is 0 Å². The van der Waals surface area contributed by atoms with Gasteiger partial charge in [-0.1, -0.05) is 6.07 Å². The summed E-state index contributed by atoms with van der Waals surface area (Å²) in [6.07, 6.45) is 0. The third-order valence-electron chi connectivity index (χ3n) is 2.19. The summed E-state index contributed by atoms with van der Waals surface area (Å²) in [5.41, 5.74) is 5.14. The van der Waals surface area contributed by atoms with Gasteiger partial charge in [0, 0.05) is 19.6 Å². The number of carboxylic acids is 1. The number of amides is 2. The first-order chi connectivity index (χ1) is 8.50. The van der Waals surface area contributed by atoms with E-state index in [-0.39, 0.29) is 5.56 Å². The molecule has 1 aromatic rings. The summed E-state index contributed by atoms with van der Waals surface area (Å²) >= 11 is 0. The van der Waals surface area contributed by atoms with E-state index in [2.05, 4.69) is 10.6 Å². The van der Waals surface area contributed by atoms with Gasteiger partial charge in [-0.15, -0.1) is 0 Å². The molecule has 0 saturated carbocycles. The Kier molecular flexibility index (Phi) is 5.06. The van der Waals surface area contributed by atoms with Gasteiger partial charge in [-0.25, -0.2) is 14.0 Å². The van der Waals surface area contributed by atoms with Crippen LogP contribution in [0.4, 0.5) is 9.18 Å². The lowest BCUT2D eigenvalue weighted by atomic mass is 10.1. The zero-order valence-corrected chi connectivity index (χ0v) is 9.57. The monoisotopic (exact) mass is 255 g/mol. The SMILES string of the molecule is NC(=O)NCCNCc1ccc(C(=O)O)c(F)c1. The highest BCUT2D eigenvalue weighted by Crippen LogP contribution is 2.10. The number of urea groups is 1. The van der Waals surface area contributed by atoms with Crippen LogP contribution in [0.25, 0.3) is 0 Å². The molecular formula is C11H14FN3O3. The summed E-state index contributed by atoms with van der Waals surface area (Å²) in [7, 11) is 0. The first-order valence-electron chi connectivity index (χ1n) is 5.26. The highest BCUT2D eigenvalue weighted by atomic mass is 19.1. The third kappa shape index (κ3) is 4.38. The van der Waals surface area contributed by atoms with Gasteiger partial charge in [0.1, 0.15) is 5.82 Å². The van der Waals surface area contributed by atoms with Crippen LogP contribution in [0.5, 0.6) is 0 Å². The van der Waals surface area contributed by atoms with Crippen molar-refractivity contribution in [1.29, 1.82) is 0 Å². The quantitative estimate of drug-likeness (QED) is 0.548. The second-order valence-electron chi connectivity index (χ2n) is 3.59. The van der Waals surface area contributed by atoms with E-state index in [0.717, 1.165) is 6.07 Å². The fourth-order valence-electron chi connectivity index (χ4n) is 1.35. The number of rotatable bonds is 6. The molecule has 0 aliphatic rings. The smallest absolute Gasteiger partial charge is 0.338 e. The van der Waals surface area contributed by atoms with Crippen LogP contribution in [0.2, 0.25) is 0 Å². The molecule has 6 nitrogen and oxygen atoms in total. The van der Waals surface area contributed by atoms with Gasteiger partial charge in [-0.2, -0.15) is 0 Å². The maximum absolute atomic E-state index is 13.3. The molecule has 2 amide bonds. The molecule has 0 unspecified atom stereocenters. The van der Waals surface area contributed by atoms with Gasteiger partial charge in [0.15, 0.2) is 0 Å². The van der Waals surface area contributed by atoms with Crippen LogP contribution in [0.3, 0.4) is 0 Å². The van der Waals surface area contributed by atoms with Gasteiger partial charge >= 0.3 is 12.0 Å². The van der Waals surface area contributed by atoms with Crippen molar-refractivity contribution in [2.45, 2.75) is 6.54 Å². The van der Waals surface area contributed by atoms with Crippen molar-refractivity contribution in [3.63, 3.8) is 0 Å². The zero-order chi connectivity index (χ0) is 13.5. The molecule has 0 aliphatic heterocycles. The number of carboxylic acid groups (broad SMARTS) is 1. The molecule has 7 heteroatoms. The number of nitrogens with two attached hydrogens (primary N) is 1. The molecule has 18 heavy (non-hydrogen) atoms. The Morgan fingerprint density at radius 1 is 1.33 bits per heavy atom. The van der Waals surface area contributed by atoms with E-state index in [4.69, 9.17) is 10.8 Å². The number of hydrogen-bond donors (Lipinski definition) is 4. The van der Waals surface area contributed by atoms with Crippen molar-refractivity contribution in [1.82, 2.24) is 10.6 Å². The van der Waals surface area contributed by atoms with Crippen LogP contribution in [0, 0.1) is 5.82 Å². The number of nitrogens with one attached hydrogen (secondary N) is 2. The highest BCUT2D eigenvalue weighted by Gasteiger charge is 2.09. The van der Waals surface area contributed by atoms with Crippen molar-refractivity contribution >= 4 is 12.0 Å². The highest BCUT2D eigenvalue weighted by molar-refractivity contribution is 5.87. The standard InChI is InChI=1S/C11H14FN3O3/c12-9-5-7(1-2-8(9)10(16)17)6-14-3-4-15-11(13)18/h1-2,5,14H,3-4,6H2,(H,16,17)(H3,13,15,18). The summed E-state index contributed by atoms with van der Waals surface area (Å²) in [6, 6.07) is 3.31. The number of benzene rings is 1. The van der Waals surface area contributed by atoms with Crippen LogP contribution in [0.1, 0.15) is 15.9 Å². The molecular weight excluding hydrogens is 241 g/mol. The van der Waals surface area contributed by atoms with Gasteiger partial charge in [-0.05, 0) is 17.7 Å². The summed E-state index contributed by atoms with van der Waals surface area (Å²) in [6.45, 7) is 1.22. The minimum Gasteiger partial charge on any atom is -0.478 e. The summed E-state index contributed by atoms with van der Waals surface area (Å²) in [5.74, 6) is -2.06. The van der Waals surface area contributed by atoms with Crippen LogP contribution >= 0.6 is 0 Å². The number of carbonyl (C=O) groups excluding carboxylic acids is 1. The average Bonchev–Trinajstić information content (AvgIpc) is 2.27. The molecule has 0 atom stereocenters. The van der Waals surface area contributed by atoms with Gasteiger partial charge in [0.25, 0.3) is 0 Å². The lowest BCUT2D eigenvalue weighted by Gasteiger charge is -2.06. The molecule has 98 valence electrons. The Morgan fingerprint density at radius 3 is 2.61 bits per heavy atom. The molecule has 0 saturated heterocycles. The molecule has 0 aromatic heterocycles. The van der Waals surface area contributed by atoms with Crippen molar-refractivity contribution in [2.75, 3.05) is 13.1 Å². The van der Waals surface area contributed by atoms with E-state index in [9.17, 15) is 14.0 Å². The van der Waals surface area contributed by atoms with Gasteiger partial charge in [0.05, 0.1) is 5.56 Å². The normalized spacial score (nSPS) is 10.1. The fraction of sp³-hybridized carbons (Fsp3) is 0.273. The lowest BCUT2D eigenvalue weighted by Crippen LogP contribution is -2.35. The second-order valence-corrected chi connectivity index (χ2v) is 3.59. The average molecular weight is 255 g/mol. The van der Waals surface area contributed by atoms with Crippen LogP contribution < -0.4 is 16.4 Å². The maximum Gasteiger partial charge on any atom is 0.338 e. The van der Waals surface area contributed by atoms with Crippen molar-refractivity contribution in [3.05, 3.63) is 35.1 Å². The molecule has 0 heterocycles. The number of aromatic carboxylic acids is 1. The van der Waals surface area contributed by atoms with Crippen molar-refractivity contribution < 1.29 is 19.1 Å². The van der Waals surface area contributed by atoms with E-state index in [1.807, 2.05) is 0 Å². The number of carbonyl (C=O) groups is 2.